The van der Waals surface area contributed by atoms with Crippen LogP contribution in [-0.2, 0) is 0 Å². The number of hydrogen-bond acceptors (Lipinski definition) is 3. The molecule has 0 aromatic heterocycles. The lowest BCUT2D eigenvalue weighted by Gasteiger charge is -2.37. The summed E-state index contributed by atoms with van der Waals surface area (Å²) in [5.41, 5.74) is 7.65. The van der Waals surface area contributed by atoms with E-state index in [9.17, 15) is 0 Å². The first kappa shape index (κ1) is 15.5. The van der Waals surface area contributed by atoms with Gasteiger partial charge in [0.25, 0.3) is 0 Å². The van der Waals surface area contributed by atoms with Gasteiger partial charge in [0.1, 0.15) is 0 Å². The van der Waals surface area contributed by atoms with E-state index in [4.69, 9.17) is 5.73 Å². The minimum absolute atomic E-state index is 0.125. The van der Waals surface area contributed by atoms with Crippen molar-refractivity contribution in [3.8, 4) is 0 Å². The van der Waals surface area contributed by atoms with E-state index in [1.165, 1.54) is 31.5 Å². The molecule has 3 atom stereocenters. The van der Waals surface area contributed by atoms with Crippen molar-refractivity contribution in [2.45, 2.75) is 31.8 Å². The van der Waals surface area contributed by atoms with Crippen LogP contribution < -0.4 is 5.73 Å². The molecule has 1 aromatic rings. The standard InChI is InChI=1S/C17H29N3/c1-14(17(18)15-8-5-4-6-9-15)12-20(3)16-10-7-11-19(2)13-16/h4-6,8-9,14,16-17H,7,10-13,18H2,1-3H3. The molecule has 2 rings (SSSR count). The summed E-state index contributed by atoms with van der Waals surface area (Å²) in [6, 6.07) is 11.3. The topological polar surface area (TPSA) is 32.5 Å². The van der Waals surface area contributed by atoms with Crippen molar-refractivity contribution in [1.29, 1.82) is 0 Å². The maximum Gasteiger partial charge on any atom is 0.0333 e. The van der Waals surface area contributed by atoms with Crippen LogP contribution in [0.2, 0.25) is 0 Å². The van der Waals surface area contributed by atoms with Crippen molar-refractivity contribution < 1.29 is 0 Å². The zero-order chi connectivity index (χ0) is 14.5. The SMILES string of the molecule is CC(CN(C)C1CCCN(C)C1)C(N)c1ccccc1. The Balaban J connectivity index is 1.88. The molecule has 1 aromatic carbocycles. The molecule has 2 N–H and O–H groups in total. The molecule has 0 amide bonds. The van der Waals surface area contributed by atoms with Gasteiger partial charge in [-0.2, -0.15) is 0 Å². The largest absolute Gasteiger partial charge is 0.324 e. The predicted octanol–water partition coefficient (Wildman–Crippen LogP) is 2.35. The summed E-state index contributed by atoms with van der Waals surface area (Å²) in [5, 5.41) is 0. The Morgan fingerprint density at radius 3 is 2.70 bits per heavy atom. The summed E-state index contributed by atoms with van der Waals surface area (Å²) in [6.45, 7) is 5.75. The van der Waals surface area contributed by atoms with Gasteiger partial charge in [-0.15, -0.1) is 0 Å². The van der Waals surface area contributed by atoms with Crippen LogP contribution in [0.15, 0.2) is 30.3 Å². The maximum absolute atomic E-state index is 6.41. The summed E-state index contributed by atoms with van der Waals surface area (Å²) in [4.78, 5) is 4.94. The number of nitrogens with zero attached hydrogens (tertiary/aromatic N) is 2. The van der Waals surface area contributed by atoms with Gasteiger partial charge in [-0.3, -0.25) is 0 Å². The molecule has 0 saturated carbocycles. The molecule has 1 fully saturated rings. The van der Waals surface area contributed by atoms with Gasteiger partial charge in [-0.05, 0) is 45.0 Å². The molecule has 112 valence electrons. The smallest absolute Gasteiger partial charge is 0.0333 e. The van der Waals surface area contributed by atoms with Crippen molar-refractivity contribution >= 4 is 0 Å². The Hall–Kier alpha value is -0.900. The van der Waals surface area contributed by atoms with Crippen LogP contribution in [-0.4, -0.2) is 49.6 Å². The fourth-order valence-electron chi connectivity index (χ4n) is 3.22. The first-order valence-corrected chi connectivity index (χ1v) is 7.77. The summed E-state index contributed by atoms with van der Waals surface area (Å²) in [7, 11) is 4.47. The van der Waals surface area contributed by atoms with Gasteiger partial charge >= 0.3 is 0 Å². The number of nitrogens with two attached hydrogens (primary N) is 1. The molecule has 3 nitrogen and oxygen atoms in total. The van der Waals surface area contributed by atoms with E-state index in [0.717, 1.165) is 6.54 Å². The average Bonchev–Trinajstić information content (AvgIpc) is 2.47. The highest BCUT2D eigenvalue weighted by molar-refractivity contribution is 5.19. The van der Waals surface area contributed by atoms with Crippen LogP contribution in [0, 0.1) is 5.92 Å². The number of hydrogen-bond donors (Lipinski definition) is 1. The van der Waals surface area contributed by atoms with Crippen molar-refractivity contribution in [3.05, 3.63) is 35.9 Å². The Bertz CT molecular complexity index is 392. The lowest BCUT2D eigenvalue weighted by Crippen LogP contribution is -2.47. The summed E-state index contributed by atoms with van der Waals surface area (Å²) >= 11 is 0. The Labute approximate surface area is 123 Å². The Kier molecular flexibility index (Phi) is 5.58. The number of benzene rings is 1. The van der Waals surface area contributed by atoms with E-state index in [1.807, 2.05) is 6.07 Å². The van der Waals surface area contributed by atoms with E-state index < -0.39 is 0 Å². The predicted molar refractivity (Wildman–Crippen MR) is 85.7 cm³/mol. The van der Waals surface area contributed by atoms with Gasteiger partial charge in [0.15, 0.2) is 0 Å². The second kappa shape index (κ2) is 7.21. The number of likely N-dealkylation sites (N-methyl/N-ethyl adjacent to an activating group) is 2. The molecule has 0 aliphatic carbocycles. The molecule has 0 bridgehead atoms. The molecule has 1 aliphatic heterocycles. The Morgan fingerprint density at radius 2 is 2.05 bits per heavy atom. The van der Waals surface area contributed by atoms with E-state index in [2.05, 4.69) is 55.1 Å². The van der Waals surface area contributed by atoms with Crippen molar-refractivity contribution in [3.63, 3.8) is 0 Å². The molecule has 1 heterocycles. The second-order valence-corrected chi connectivity index (χ2v) is 6.41. The van der Waals surface area contributed by atoms with Gasteiger partial charge in [0.05, 0.1) is 0 Å². The van der Waals surface area contributed by atoms with Crippen LogP contribution in [0.25, 0.3) is 0 Å². The summed E-state index contributed by atoms with van der Waals surface area (Å²) in [5.74, 6) is 0.467. The van der Waals surface area contributed by atoms with Gasteiger partial charge in [-0.25, -0.2) is 0 Å². The minimum atomic E-state index is 0.125. The lowest BCUT2D eigenvalue weighted by molar-refractivity contribution is 0.118. The summed E-state index contributed by atoms with van der Waals surface area (Å²) in [6.07, 6.45) is 2.62. The third kappa shape index (κ3) is 4.05. The van der Waals surface area contributed by atoms with E-state index in [-0.39, 0.29) is 6.04 Å². The average molecular weight is 275 g/mol. The zero-order valence-corrected chi connectivity index (χ0v) is 13.1. The van der Waals surface area contributed by atoms with E-state index in [0.29, 0.717) is 12.0 Å². The quantitative estimate of drug-likeness (QED) is 0.895. The Morgan fingerprint density at radius 1 is 1.35 bits per heavy atom. The van der Waals surface area contributed by atoms with Crippen LogP contribution >= 0.6 is 0 Å². The first-order valence-electron chi connectivity index (χ1n) is 7.77. The van der Waals surface area contributed by atoms with Gasteiger partial charge in [-0.1, -0.05) is 37.3 Å². The van der Waals surface area contributed by atoms with Crippen LogP contribution in [0.4, 0.5) is 0 Å². The maximum atomic E-state index is 6.41. The third-order valence-corrected chi connectivity index (χ3v) is 4.60. The van der Waals surface area contributed by atoms with Crippen LogP contribution in [0.1, 0.15) is 31.4 Å². The highest BCUT2D eigenvalue weighted by Gasteiger charge is 2.24. The zero-order valence-electron chi connectivity index (χ0n) is 13.1. The number of piperidine rings is 1. The fourth-order valence-corrected chi connectivity index (χ4v) is 3.22. The normalized spacial score (nSPS) is 23.8. The molecule has 0 radical (unpaired) electrons. The van der Waals surface area contributed by atoms with Gasteiger partial charge < -0.3 is 15.5 Å². The van der Waals surface area contributed by atoms with Gasteiger partial charge in [0.2, 0.25) is 0 Å². The number of likely N-dealkylation sites (tertiary alicyclic amines) is 1. The molecular weight excluding hydrogens is 246 g/mol. The summed E-state index contributed by atoms with van der Waals surface area (Å²) < 4.78 is 0. The monoisotopic (exact) mass is 275 g/mol. The molecule has 3 unspecified atom stereocenters. The molecule has 0 spiro atoms. The fraction of sp³-hybridized carbons (Fsp3) is 0.647. The van der Waals surface area contributed by atoms with Crippen molar-refractivity contribution in [1.82, 2.24) is 9.80 Å². The highest BCUT2D eigenvalue weighted by atomic mass is 15.2. The first-order chi connectivity index (χ1) is 9.58. The van der Waals surface area contributed by atoms with Crippen LogP contribution in [0.5, 0.6) is 0 Å². The molecule has 1 aliphatic rings. The van der Waals surface area contributed by atoms with E-state index in [1.54, 1.807) is 0 Å². The molecule has 3 heteroatoms. The highest BCUT2D eigenvalue weighted by Crippen LogP contribution is 2.22. The molecule has 1 saturated heterocycles. The second-order valence-electron chi connectivity index (χ2n) is 6.41. The van der Waals surface area contributed by atoms with Crippen molar-refractivity contribution in [2.24, 2.45) is 11.7 Å². The van der Waals surface area contributed by atoms with E-state index >= 15 is 0 Å². The third-order valence-electron chi connectivity index (χ3n) is 4.60. The number of rotatable bonds is 5. The van der Waals surface area contributed by atoms with Crippen LogP contribution in [0.3, 0.4) is 0 Å². The molecule has 20 heavy (non-hydrogen) atoms. The lowest BCUT2D eigenvalue weighted by atomic mass is 9.94. The van der Waals surface area contributed by atoms with Gasteiger partial charge in [0, 0.05) is 25.2 Å². The molecular formula is C17H29N3. The van der Waals surface area contributed by atoms with Crippen molar-refractivity contribution in [2.75, 3.05) is 33.7 Å². The minimum Gasteiger partial charge on any atom is -0.324 e.